The van der Waals surface area contributed by atoms with Gasteiger partial charge in [0, 0.05) is 24.2 Å². The predicted molar refractivity (Wildman–Crippen MR) is 88.6 cm³/mol. The SMILES string of the molecule is COc1ccc(OCCN(C)Cc2cnc(N)s2)cc1.Cl. The van der Waals surface area contributed by atoms with Gasteiger partial charge in [-0.2, -0.15) is 0 Å². The number of hydrogen-bond donors (Lipinski definition) is 1. The summed E-state index contributed by atoms with van der Waals surface area (Å²) in [5, 5.41) is 0.614. The Morgan fingerprint density at radius 3 is 2.48 bits per heavy atom. The zero-order chi connectivity index (χ0) is 14.4. The Hall–Kier alpha value is -1.50. The molecule has 0 unspecified atom stereocenters. The van der Waals surface area contributed by atoms with E-state index >= 15 is 0 Å². The summed E-state index contributed by atoms with van der Waals surface area (Å²) in [6.45, 7) is 2.31. The first-order chi connectivity index (χ1) is 9.67. The van der Waals surface area contributed by atoms with E-state index in [0.717, 1.165) is 29.5 Å². The molecule has 0 fully saturated rings. The van der Waals surface area contributed by atoms with Gasteiger partial charge in [0.05, 0.1) is 7.11 Å². The van der Waals surface area contributed by atoms with Crippen LogP contribution in [0.5, 0.6) is 11.5 Å². The lowest BCUT2D eigenvalue weighted by Crippen LogP contribution is -2.23. The molecule has 2 N–H and O–H groups in total. The fourth-order valence-corrected chi connectivity index (χ4v) is 2.50. The second-order valence-corrected chi connectivity index (χ2v) is 5.57. The number of rotatable bonds is 7. The van der Waals surface area contributed by atoms with E-state index < -0.39 is 0 Å². The smallest absolute Gasteiger partial charge is 0.180 e. The number of methoxy groups -OCH3 is 1. The Morgan fingerprint density at radius 2 is 1.90 bits per heavy atom. The average molecular weight is 330 g/mol. The van der Waals surface area contributed by atoms with E-state index in [-0.39, 0.29) is 12.4 Å². The van der Waals surface area contributed by atoms with Crippen molar-refractivity contribution in [1.82, 2.24) is 9.88 Å². The van der Waals surface area contributed by atoms with Gasteiger partial charge < -0.3 is 15.2 Å². The second kappa shape index (κ2) is 8.71. The fourth-order valence-electron chi connectivity index (χ4n) is 1.73. The maximum Gasteiger partial charge on any atom is 0.180 e. The molecule has 2 aromatic rings. The van der Waals surface area contributed by atoms with Gasteiger partial charge in [-0.05, 0) is 31.3 Å². The highest BCUT2D eigenvalue weighted by molar-refractivity contribution is 7.15. The minimum atomic E-state index is 0. The molecule has 0 spiro atoms. The number of ether oxygens (including phenoxy) is 2. The molecule has 0 atom stereocenters. The van der Waals surface area contributed by atoms with Crippen LogP contribution in [0.2, 0.25) is 0 Å². The Labute approximate surface area is 135 Å². The van der Waals surface area contributed by atoms with Gasteiger partial charge in [0.25, 0.3) is 0 Å². The van der Waals surface area contributed by atoms with Crippen molar-refractivity contribution in [3.8, 4) is 11.5 Å². The summed E-state index contributed by atoms with van der Waals surface area (Å²) in [5.74, 6) is 1.68. The third-order valence-electron chi connectivity index (χ3n) is 2.80. The lowest BCUT2D eigenvalue weighted by Gasteiger charge is -2.15. The third kappa shape index (κ3) is 5.79. The van der Waals surface area contributed by atoms with Crippen molar-refractivity contribution in [3.05, 3.63) is 35.3 Å². The Bertz CT molecular complexity index is 533. The van der Waals surface area contributed by atoms with Gasteiger partial charge in [-0.1, -0.05) is 0 Å². The molecule has 0 amide bonds. The quantitative estimate of drug-likeness (QED) is 0.846. The number of nitrogen functional groups attached to an aromatic ring is 1. The number of nitrogens with zero attached hydrogens (tertiary/aromatic N) is 2. The molecule has 2 rings (SSSR count). The van der Waals surface area contributed by atoms with Crippen LogP contribution in [-0.2, 0) is 6.54 Å². The van der Waals surface area contributed by atoms with E-state index in [4.69, 9.17) is 15.2 Å². The van der Waals surface area contributed by atoms with E-state index in [0.29, 0.717) is 11.7 Å². The molecule has 5 nitrogen and oxygen atoms in total. The molecular formula is C14H20ClN3O2S. The molecule has 1 aromatic carbocycles. The van der Waals surface area contributed by atoms with Gasteiger partial charge in [-0.3, -0.25) is 4.90 Å². The summed E-state index contributed by atoms with van der Waals surface area (Å²) < 4.78 is 10.8. The molecule has 0 saturated carbocycles. The van der Waals surface area contributed by atoms with Crippen LogP contribution in [-0.4, -0.2) is 37.2 Å². The van der Waals surface area contributed by atoms with Gasteiger partial charge >= 0.3 is 0 Å². The van der Waals surface area contributed by atoms with Gasteiger partial charge in [0.2, 0.25) is 0 Å². The number of aromatic nitrogens is 1. The standard InChI is InChI=1S/C14H19N3O2S.ClH/c1-17(10-13-9-16-14(15)20-13)7-8-19-12-5-3-11(18-2)4-6-12;/h3-6,9H,7-8,10H2,1-2H3,(H2,15,16);1H. The maximum absolute atomic E-state index is 5.68. The van der Waals surface area contributed by atoms with Crippen LogP contribution in [0.1, 0.15) is 4.88 Å². The number of hydrogen-bond acceptors (Lipinski definition) is 6. The second-order valence-electron chi connectivity index (χ2n) is 4.43. The van der Waals surface area contributed by atoms with Crippen molar-refractivity contribution < 1.29 is 9.47 Å². The van der Waals surface area contributed by atoms with Gasteiger partial charge in [-0.25, -0.2) is 4.98 Å². The Balaban J connectivity index is 0.00000220. The van der Waals surface area contributed by atoms with Crippen molar-refractivity contribution in [2.24, 2.45) is 0 Å². The first-order valence-electron chi connectivity index (χ1n) is 6.33. The summed E-state index contributed by atoms with van der Waals surface area (Å²) in [6.07, 6.45) is 1.82. The molecule has 1 aromatic heterocycles. The van der Waals surface area contributed by atoms with Crippen molar-refractivity contribution >= 4 is 28.9 Å². The van der Waals surface area contributed by atoms with Crippen LogP contribution < -0.4 is 15.2 Å². The summed E-state index contributed by atoms with van der Waals surface area (Å²) in [7, 11) is 3.70. The number of benzene rings is 1. The Kier molecular flexibility index (Phi) is 7.28. The van der Waals surface area contributed by atoms with E-state index in [1.807, 2.05) is 37.5 Å². The number of halogens is 1. The highest BCUT2D eigenvalue weighted by Gasteiger charge is 2.04. The monoisotopic (exact) mass is 329 g/mol. The van der Waals surface area contributed by atoms with E-state index in [2.05, 4.69) is 9.88 Å². The van der Waals surface area contributed by atoms with E-state index in [1.54, 1.807) is 7.11 Å². The summed E-state index contributed by atoms with van der Waals surface area (Å²) in [5.41, 5.74) is 5.61. The van der Waals surface area contributed by atoms with Gasteiger partial charge in [-0.15, -0.1) is 23.7 Å². The molecule has 7 heteroatoms. The number of nitrogens with two attached hydrogens (primary N) is 1. The number of likely N-dealkylation sites (N-methyl/N-ethyl adjacent to an activating group) is 1. The fraction of sp³-hybridized carbons (Fsp3) is 0.357. The van der Waals surface area contributed by atoms with Crippen LogP contribution in [0.15, 0.2) is 30.5 Å². The topological polar surface area (TPSA) is 60.6 Å². The zero-order valence-electron chi connectivity index (χ0n) is 12.1. The molecule has 21 heavy (non-hydrogen) atoms. The van der Waals surface area contributed by atoms with Crippen LogP contribution in [0, 0.1) is 0 Å². The largest absolute Gasteiger partial charge is 0.497 e. The normalized spacial score (nSPS) is 10.2. The zero-order valence-corrected chi connectivity index (χ0v) is 13.7. The lowest BCUT2D eigenvalue weighted by atomic mass is 10.3. The average Bonchev–Trinajstić information content (AvgIpc) is 2.85. The summed E-state index contributed by atoms with van der Waals surface area (Å²) >= 11 is 1.52. The highest BCUT2D eigenvalue weighted by atomic mass is 35.5. The minimum absolute atomic E-state index is 0. The van der Waals surface area contributed by atoms with Crippen LogP contribution in [0.25, 0.3) is 0 Å². The molecule has 0 bridgehead atoms. The maximum atomic E-state index is 5.68. The highest BCUT2D eigenvalue weighted by Crippen LogP contribution is 2.17. The molecule has 0 aliphatic heterocycles. The number of thiazole rings is 1. The van der Waals surface area contributed by atoms with Crippen LogP contribution in [0.4, 0.5) is 5.13 Å². The van der Waals surface area contributed by atoms with Crippen LogP contribution >= 0.6 is 23.7 Å². The van der Waals surface area contributed by atoms with Crippen LogP contribution in [0.3, 0.4) is 0 Å². The Morgan fingerprint density at radius 1 is 1.24 bits per heavy atom. The van der Waals surface area contributed by atoms with Crippen molar-refractivity contribution in [2.75, 3.05) is 33.0 Å². The lowest BCUT2D eigenvalue weighted by molar-refractivity contribution is 0.233. The first-order valence-corrected chi connectivity index (χ1v) is 7.14. The first kappa shape index (κ1) is 17.6. The minimum Gasteiger partial charge on any atom is -0.497 e. The predicted octanol–water partition coefficient (Wildman–Crippen LogP) is 2.67. The summed E-state index contributed by atoms with van der Waals surface area (Å²) in [4.78, 5) is 7.38. The molecule has 1 heterocycles. The third-order valence-corrected chi connectivity index (χ3v) is 3.61. The van der Waals surface area contributed by atoms with Gasteiger partial charge in [0.15, 0.2) is 5.13 Å². The molecule has 0 radical (unpaired) electrons. The molecule has 0 aliphatic rings. The van der Waals surface area contributed by atoms with Crippen molar-refractivity contribution in [1.29, 1.82) is 0 Å². The molecule has 0 saturated heterocycles. The van der Waals surface area contributed by atoms with E-state index in [1.165, 1.54) is 11.3 Å². The number of anilines is 1. The molecule has 116 valence electrons. The van der Waals surface area contributed by atoms with E-state index in [9.17, 15) is 0 Å². The van der Waals surface area contributed by atoms with Crippen molar-refractivity contribution in [2.45, 2.75) is 6.54 Å². The molecular weight excluding hydrogens is 310 g/mol. The molecule has 0 aliphatic carbocycles. The van der Waals surface area contributed by atoms with Gasteiger partial charge in [0.1, 0.15) is 18.1 Å². The summed E-state index contributed by atoms with van der Waals surface area (Å²) in [6, 6.07) is 7.59. The van der Waals surface area contributed by atoms with Crippen molar-refractivity contribution in [3.63, 3.8) is 0 Å².